The van der Waals surface area contributed by atoms with Gasteiger partial charge in [0.25, 0.3) is 0 Å². The van der Waals surface area contributed by atoms with Crippen molar-refractivity contribution in [1.82, 2.24) is 10.5 Å². The molecule has 2 N–H and O–H groups in total. The highest BCUT2D eigenvalue weighted by atomic mass is 17.1. The number of hydrogen-bond donors (Lipinski definition) is 2. The molecule has 0 amide bonds. The molecule has 0 heterocycles. The van der Waals surface area contributed by atoms with Crippen LogP contribution < -0.4 is 0 Å². The second-order valence-corrected chi connectivity index (χ2v) is 3.88. The van der Waals surface area contributed by atoms with Gasteiger partial charge in [0, 0.05) is 0 Å². The maximum Gasteiger partial charge on any atom is 0.0747 e. The van der Waals surface area contributed by atoms with E-state index in [4.69, 9.17) is 4.94 Å². The zero-order valence-corrected chi connectivity index (χ0v) is 9.49. The van der Waals surface area contributed by atoms with Crippen molar-refractivity contribution in [2.24, 2.45) is 0 Å². The number of rotatable bonds is 4. The van der Waals surface area contributed by atoms with Crippen molar-refractivity contribution >= 4 is 0 Å². The Bertz CT molecular complexity index is 349. The fraction of sp³-hybridized carbons (Fsp3) is 0.333. The van der Waals surface area contributed by atoms with Crippen LogP contribution in [0.4, 0.5) is 0 Å². The third kappa shape index (κ3) is 3.20. The molecule has 2 aliphatic carbocycles. The van der Waals surface area contributed by atoms with Gasteiger partial charge >= 0.3 is 0 Å². The lowest BCUT2D eigenvalue weighted by Gasteiger charge is -2.26. The standard InChI is InChI=1S/C12H16N2O3/c15-13(11-7-3-1-4-8-11)17-14(16)12-9-5-2-6-10-12/h1-3,5,7,9,15-16H,4,6,8,10H2. The summed E-state index contributed by atoms with van der Waals surface area (Å²) in [6.45, 7) is 0. The topological polar surface area (TPSA) is 56.2 Å². The molecule has 92 valence electrons. The molecule has 0 spiro atoms. The van der Waals surface area contributed by atoms with Crippen LogP contribution in [-0.4, -0.2) is 20.9 Å². The summed E-state index contributed by atoms with van der Waals surface area (Å²) < 4.78 is 0. The molecule has 2 rings (SSSR count). The Balaban J connectivity index is 1.91. The monoisotopic (exact) mass is 236 g/mol. The zero-order valence-electron chi connectivity index (χ0n) is 9.49. The molecule has 0 radical (unpaired) electrons. The van der Waals surface area contributed by atoms with Gasteiger partial charge in [0.15, 0.2) is 0 Å². The summed E-state index contributed by atoms with van der Waals surface area (Å²) in [7, 11) is 0. The third-order valence-electron chi connectivity index (χ3n) is 2.63. The van der Waals surface area contributed by atoms with Crippen LogP contribution >= 0.6 is 0 Å². The van der Waals surface area contributed by atoms with Gasteiger partial charge < -0.3 is 0 Å². The molecule has 5 heteroatoms. The lowest BCUT2D eigenvalue weighted by molar-refractivity contribution is -0.484. The van der Waals surface area contributed by atoms with Crippen molar-refractivity contribution in [2.45, 2.75) is 25.7 Å². The predicted molar refractivity (Wildman–Crippen MR) is 61.3 cm³/mol. The van der Waals surface area contributed by atoms with Crippen molar-refractivity contribution in [3.8, 4) is 0 Å². The summed E-state index contributed by atoms with van der Waals surface area (Å²) in [5.74, 6) is 0. The minimum Gasteiger partial charge on any atom is -0.262 e. The maximum atomic E-state index is 9.64. The van der Waals surface area contributed by atoms with E-state index in [1.165, 1.54) is 0 Å². The van der Waals surface area contributed by atoms with Crippen molar-refractivity contribution in [3.63, 3.8) is 0 Å². The average Bonchev–Trinajstić information content (AvgIpc) is 2.40. The quantitative estimate of drug-likeness (QED) is 0.735. The van der Waals surface area contributed by atoms with Crippen LogP contribution in [0.1, 0.15) is 25.7 Å². The first-order valence-electron chi connectivity index (χ1n) is 5.65. The van der Waals surface area contributed by atoms with Crippen LogP contribution in [0.15, 0.2) is 47.9 Å². The molecule has 0 unspecified atom stereocenters. The third-order valence-corrected chi connectivity index (χ3v) is 2.63. The second-order valence-electron chi connectivity index (χ2n) is 3.88. The minimum atomic E-state index is 0.600. The highest BCUT2D eigenvalue weighted by Crippen LogP contribution is 2.19. The Hall–Kier alpha value is -1.56. The maximum absolute atomic E-state index is 9.64. The van der Waals surface area contributed by atoms with Gasteiger partial charge in [-0.25, -0.2) is 0 Å². The molecule has 0 aliphatic heterocycles. The van der Waals surface area contributed by atoms with E-state index in [0.717, 1.165) is 12.8 Å². The van der Waals surface area contributed by atoms with Gasteiger partial charge in [0.05, 0.1) is 11.4 Å². The Morgan fingerprint density at radius 2 is 1.35 bits per heavy atom. The summed E-state index contributed by atoms with van der Waals surface area (Å²) in [6.07, 6.45) is 14.2. The molecule has 0 aromatic heterocycles. The Morgan fingerprint density at radius 1 is 0.882 bits per heavy atom. The molecule has 0 aromatic rings. The summed E-state index contributed by atoms with van der Waals surface area (Å²) in [4.78, 5) is 4.90. The van der Waals surface area contributed by atoms with Gasteiger partial charge in [0.1, 0.15) is 0 Å². The van der Waals surface area contributed by atoms with E-state index < -0.39 is 0 Å². The molecule has 0 bridgehead atoms. The summed E-state index contributed by atoms with van der Waals surface area (Å²) >= 11 is 0. The molecule has 0 saturated heterocycles. The Labute approximate surface area is 100 Å². The van der Waals surface area contributed by atoms with Gasteiger partial charge in [-0.05, 0) is 37.8 Å². The molecular formula is C12H16N2O3. The van der Waals surface area contributed by atoms with Crippen LogP contribution in [-0.2, 0) is 4.94 Å². The van der Waals surface area contributed by atoms with E-state index >= 15 is 0 Å². The van der Waals surface area contributed by atoms with Gasteiger partial charge in [0.2, 0.25) is 0 Å². The molecule has 0 fully saturated rings. The first-order valence-corrected chi connectivity index (χ1v) is 5.65. The Morgan fingerprint density at radius 3 is 1.71 bits per heavy atom. The Kier molecular flexibility index (Phi) is 3.98. The van der Waals surface area contributed by atoms with E-state index in [1.54, 1.807) is 12.2 Å². The van der Waals surface area contributed by atoms with Crippen molar-refractivity contribution in [1.29, 1.82) is 0 Å². The fourth-order valence-electron chi connectivity index (χ4n) is 1.68. The van der Waals surface area contributed by atoms with Gasteiger partial charge in [-0.1, -0.05) is 24.3 Å². The van der Waals surface area contributed by atoms with Gasteiger partial charge in [-0.2, -0.15) is 0 Å². The van der Waals surface area contributed by atoms with Gasteiger partial charge in [-0.3, -0.25) is 10.4 Å². The van der Waals surface area contributed by atoms with Crippen molar-refractivity contribution < 1.29 is 15.4 Å². The lowest BCUT2D eigenvalue weighted by Crippen LogP contribution is -2.30. The zero-order chi connectivity index (χ0) is 12.1. The molecular weight excluding hydrogens is 220 g/mol. The van der Waals surface area contributed by atoms with E-state index in [9.17, 15) is 10.4 Å². The molecule has 17 heavy (non-hydrogen) atoms. The van der Waals surface area contributed by atoms with E-state index in [2.05, 4.69) is 0 Å². The van der Waals surface area contributed by atoms with E-state index in [1.807, 2.05) is 24.3 Å². The summed E-state index contributed by atoms with van der Waals surface area (Å²) in [5.41, 5.74) is 1.22. The van der Waals surface area contributed by atoms with Crippen molar-refractivity contribution in [2.75, 3.05) is 0 Å². The van der Waals surface area contributed by atoms with Crippen molar-refractivity contribution in [3.05, 3.63) is 47.9 Å². The lowest BCUT2D eigenvalue weighted by atomic mass is 10.1. The molecule has 2 aliphatic rings. The summed E-state index contributed by atoms with van der Waals surface area (Å²) in [5, 5.41) is 20.5. The van der Waals surface area contributed by atoms with E-state index in [-0.39, 0.29) is 0 Å². The smallest absolute Gasteiger partial charge is 0.0747 e. The molecule has 0 aromatic carbocycles. The highest BCUT2D eigenvalue weighted by Gasteiger charge is 2.15. The minimum absolute atomic E-state index is 0.600. The van der Waals surface area contributed by atoms with Crippen LogP contribution in [0.2, 0.25) is 0 Å². The first-order chi connectivity index (χ1) is 8.27. The number of nitrogens with zero attached hydrogens (tertiary/aromatic N) is 2. The van der Waals surface area contributed by atoms with Crippen LogP contribution in [0, 0.1) is 0 Å². The predicted octanol–water partition coefficient (Wildman–Crippen LogP) is 2.68. The SMILES string of the molecule is ON(ON(O)C1=CC=CCC1)C1=CC=CCC1. The van der Waals surface area contributed by atoms with Crippen LogP contribution in [0.3, 0.4) is 0 Å². The fourth-order valence-corrected chi connectivity index (χ4v) is 1.68. The molecule has 0 saturated carbocycles. The number of hydroxylamine groups is 4. The number of hydrogen-bond acceptors (Lipinski definition) is 5. The first kappa shape index (κ1) is 11.9. The van der Waals surface area contributed by atoms with Crippen LogP contribution in [0.5, 0.6) is 0 Å². The normalized spacial score (nSPS) is 18.7. The van der Waals surface area contributed by atoms with Gasteiger partial charge in [-0.15, -0.1) is 15.4 Å². The van der Waals surface area contributed by atoms with E-state index in [0.29, 0.717) is 34.7 Å². The summed E-state index contributed by atoms with van der Waals surface area (Å²) in [6, 6.07) is 0. The molecule has 5 nitrogen and oxygen atoms in total. The second kappa shape index (κ2) is 5.67. The van der Waals surface area contributed by atoms with Crippen LogP contribution in [0.25, 0.3) is 0 Å². The molecule has 0 atom stereocenters. The highest BCUT2D eigenvalue weighted by molar-refractivity contribution is 5.16. The average molecular weight is 236 g/mol. The largest absolute Gasteiger partial charge is 0.262 e. The number of allylic oxidation sites excluding steroid dienone is 8.